The van der Waals surface area contributed by atoms with Crippen molar-refractivity contribution in [2.24, 2.45) is 0 Å². The molecule has 5 heteroatoms. The molecule has 0 radical (unpaired) electrons. The number of anilines is 1. The highest BCUT2D eigenvalue weighted by atomic mass is 16.5. The van der Waals surface area contributed by atoms with Crippen LogP contribution in [0.1, 0.15) is 83.6 Å². The Bertz CT molecular complexity index is 588. The van der Waals surface area contributed by atoms with Crippen molar-refractivity contribution in [1.29, 1.82) is 0 Å². The number of nitrogens with zero attached hydrogens (tertiary/aromatic N) is 1. The van der Waals surface area contributed by atoms with Gasteiger partial charge >= 0.3 is 5.97 Å². The first-order valence-corrected chi connectivity index (χ1v) is 11.1. The molecule has 1 amide bonds. The number of rotatable bonds is 16. The van der Waals surface area contributed by atoms with E-state index < -0.39 is 0 Å². The van der Waals surface area contributed by atoms with E-state index in [0.717, 1.165) is 37.1 Å². The number of benzene rings is 1. The predicted molar refractivity (Wildman–Crippen MR) is 118 cm³/mol. The van der Waals surface area contributed by atoms with Gasteiger partial charge in [-0.15, -0.1) is 0 Å². The fourth-order valence-electron chi connectivity index (χ4n) is 3.25. The summed E-state index contributed by atoms with van der Waals surface area (Å²) in [6, 6.07) is 7.91. The monoisotopic (exact) mass is 405 g/mol. The van der Waals surface area contributed by atoms with Crippen molar-refractivity contribution in [3.8, 4) is 0 Å². The molecular formula is C24H39NO4. The summed E-state index contributed by atoms with van der Waals surface area (Å²) < 4.78 is 10.8. The molecular weight excluding hydrogens is 366 g/mol. The first-order valence-electron chi connectivity index (χ1n) is 11.1. The third kappa shape index (κ3) is 12.3. The minimum absolute atomic E-state index is 0.0273. The van der Waals surface area contributed by atoms with Crippen LogP contribution in [-0.4, -0.2) is 32.1 Å². The van der Waals surface area contributed by atoms with E-state index in [9.17, 15) is 9.59 Å². The molecule has 29 heavy (non-hydrogen) atoms. The number of carbonyl (C=O) groups excluding carboxylic acids is 2. The molecule has 1 rings (SSSR count). The Balaban J connectivity index is 1.96. The molecule has 5 nitrogen and oxygen atoms in total. The molecule has 0 fully saturated rings. The van der Waals surface area contributed by atoms with Gasteiger partial charge < -0.3 is 14.4 Å². The van der Waals surface area contributed by atoms with Crippen molar-refractivity contribution in [2.75, 3.05) is 25.2 Å². The van der Waals surface area contributed by atoms with E-state index in [4.69, 9.17) is 9.47 Å². The van der Waals surface area contributed by atoms with Crippen LogP contribution in [0.15, 0.2) is 24.3 Å². The molecule has 1 aromatic carbocycles. The average Bonchev–Trinajstić information content (AvgIpc) is 2.70. The number of unbranched alkanes of at least 4 members (excludes halogenated alkanes) is 9. The standard InChI is InChI=1S/C24H39NO4/c1-21(26)25(3)24-17-13-12-16-23(24)20-28-18-14-10-8-6-4-5-7-9-11-15-19-29-22(2)27/h12-13,16-17H,4-11,14-15,18-20H2,1-3H3. The Morgan fingerprint density at radius 3 is 1.86 bits per heavy atom. The van der Waals surface area contributed by atoms with Crippen LogP contribution < -0.4 is 4.90 Å². The molecule has 0 bridgehead atoms. The summed E-state index contributed by atoms with van der Waals surface area (Å²) in [5, 5.41) is 0. The fraction of sp³-hybridized carbons (Fsp3) is 0.667. The number of hydrogen-bond donors (Lipinski definition) is 0. The lowest BCUT2D eigenvalue weighted by molar-refractivity contribution is -0.141. The van der Waals surface area contributed by atoms with Crippen LogP contribution in [0.5, 0.6) is 0 Å². The van der Waals surface area contributed by atoms with Gasteiger partial charge in [0.1, 0.15) is 0 Å². The van der Waals surface area contributed by atoms with Gasteiger partial charge in [-0.25, -0.2) is 0 Å². The SMILES string of the molecule is CC(=O)OCCCCCCCCCCCCOCc1ccccc1N(C)C(C)=O. The van der Waals surface area contributed by atoms with E-state index in [1.165, 1.54) is 51.9 Å². The number of para-hydroxylation sites is 1. The lowest BCUT2D eigenvalue weighted by Gasteiger charge is -2.19. The third-order valence-electron chi connectivity index (χ3n) is 5.07. The van der Waals surface area contributed by atoms with E-state index in [2.05, 4.69) is 0 Å². The summed E-state index contributed by atoms with van der Waals surface area (Å²) in [5.74, 6) is -0.153. The van der Waals surface area contributed by atoms with E-state index >= 15 is 0 Å². The summed E-state index contributed by atoms with van der Waals surface area (Å²) in [4.78, 5) is 23.9. The van der Waals surface area contributed by atoms with Crippen LogP contribution in [0.2, 0.25) is 0 Å². The number of amides is 1. The van der Waals surface area contributed by atoms with E-state index in [0.29, 0.717) is 13.2 Å². The Morgan fingerprint density at radius 2 is 1.31 bits per heavy atom. The van der Waals surface area contributed by atoms with Gasteiger partial charge in [0.05, 0.1) is 13.2 Å². The van der Waals surface area contributed by atoms with Gasteiger partial charge in [-0.1, -0.05) is 69.6 Å². The van der Waals surface area contributed by atoms with Crippen LogP contribution >= 0.6 is 0 Å². The minimum Gasteiger partial charge on any atom is -0.466 e. The molecule has 0 heterocycles. The third-order valence-corrected chi connectivity index (χ3v) is 5.07. The van der Waals surface area contributed by atoms with Gasteiger partial charge in [-0.2, -0.15) is 0 Å². The fourth-order valence-corrected chi connectivity index (χ4v) is 3.25. The van der Waals surface area contributed by atoms with Gasteiger partial charge in [-0.3, -0.25) is 9.59 Å². The first-order chi connectivity index (χ1) is 14.0. The molecule has 0 unspecified atom stereocenters. The topological polar surface area (TPSA) is 55.8 Å². The highest BCUT2D eigenvalue weighted by molar-refractivity contribution is 5.91. The van der Waals surface area contributed by atoms with E-state index in [-0.39, 0.29) is 11.9 Å². The molecule has 164 valence electrons. The van der Waals surface area contributed by atoms with Gasteiger partial charge in [0.25, 0.3) is 0 Å². The van der Waals surface area contributed by atoms with Crippen molar-refractivity contribution < 1.29 is 19.1 Å². The molecule has 0 aliphatic rings. The molecule has 0 N–H and O–H groups in total. The molecule has 0 saturated carbocycles. The molecule has 0 aliphatic carbocycles. The average molecular weight is 406 g/mol. The minimum atomic E-state index is -0.180. The van der Waals surface area contributed by atoms with Crippen molar-refractivity contribution >= 4 is 17.6 Å². The molecule has 0 atom stereocenters. The highest BCUT2D eigenvalue weighted by Gasteiger charge is 2.10. The number of esters is 1. The summed E-state index contributed by atoms with van der Waals surface area (Å²) in [6.07, 6.45) is 12.1. The Labute approximate surface area is 176 Å². The maximum Gasteiger partial charge on any atom is 0.302 e. The molecule has 0 saturated heterocycles. The van der Waals surface area contributed by atoms with Crippen LogP contribution in [0.3, 0.4) is 0 Å². The van der Waals surface area contributed by atoms with Crippen LogP contribution in [0.25, 0.3) is 0 Å². The maximum atomic E-state index is 11.6. The van der Waals surface area contributed by atoms with Crippen LogP contribution in [-0.2, 0) is 25.7 Å². The zero-order valence-corrected chi connectivity index (χ0v) is 18.6. The Kier molecular flexibility index (Phi) is 13.9. The Hall–Kier alpha value is -1.88. The van der Waals surface area contributed by atoms with E-state index in [1.54, 1.807) is 18.9 Å². The zero-order chi connectivity index (χ0) is 21.3. The van der Waals surface area contributed by atoms with Crippen molar-refractivity contribution in [3.63, 3.8) is 0 Å². The number of hydrogen-bond acceptors (Lipinski definition) is 4. The normalized spacial score (nSPS) is 10.7. The van der Waals surface area contributed by atoms with Gasteiger partial charge in [0.2, 0.25) is 5.91 Å². The summed E-state index contributed by atoms with van der Waals surface area (Å²) >= 11 is 0. The maximum absolute atomic E-state index is 11.6. The van der Waals surface area contributed by atoms with Crippen molar-refractivity contribution in [2.45, 2.75) is 84.7 Å². The largest absolute Gasteiger partial charge is 0.466 e. The van der Waals surface area contributed by atoms with Crippen LogP contribution in [0.4, 0.5) is 5.69 Å². The lowest BCUT2D eigenvalue weighted by Crippen LogP contribution is -2.24. The molecule has 1 aromatic rings. The Morgan fingerprint density at radius 1 is 0.793 bits per heavy atom. The number of carbonyl (C=O) groups is 2. The molecule has 0 aromatic heterocycles. The molecule has 0 spiro atoms. The quantitative estimate of drug-likeness (QED) is 0.263. The summed E-state index contributed by atoms with van der Waals surface area (Å²) in [5.41, 5.74) is 1.98. The summed E-state index contributed by atoms with van der Waals surface area (Å²) in [7, 11) is 1.80. The zero-order valence-electron chi connectivity index (χ0n) is 18.6. The van der Waals surface area contributed by atoms with Crippen LogP contribution in [0, 0.1) is 0 Å². The highest BCUT2D eigenvalue weighted by Crippen LogP contribution is 2.20. The first kappa shape index (κ1) is 25.2. The molecule has 0 aliphatic heterocycles. The van der Waals surface area contributed by atoms with Gasteiger partial charge in [0, 0.05) is 38.8 Å². The van der Waals surface area contributed by atoms with Crippen molar-refractivity contribution in [3.05, 3.63) is 29.8 Å². The summed E-state index contributed by atoms with van der Waals surface area (Å²) in [6.45, 7) is 4.91. The smallest absolute Gasteiger partial charge is 0.302 e. The van der Waals surface area contributed by atoms with E-state index in [1.807, 2.05) is 24.3 Å². The second-order valence-electron chi connectivity index (χ2n) is 7.63. The second-order valence-corrected chi connectivity index (χ2v) is 7.63. The number of ether oxygens (including phenoxy) is 2. The lowest BCUT2D eigenvalue weighted by atomic mass is 10.1. The van der Waals surface area contributed by atoms with Crippen molar-refractivity contribution in [1.82, 2.24) is 0 Å². The second kappa shape index (κ2) is 16.0. The van der Waals surface area contributed by atoms with Gasteiger partial charge in [-0.05, 0) is 18.9 Å². The predicted octanol–water partition coefficient (Wildman–Crippen LogP) is 5.65. The van der Waals surface area contributed by atoms with Gasteiger partial charge in [0.15, 0.2) is 0 Å².